The van der Waals surface area contributed by atoms with Gasteiger partial charge >= 0.3 is 0 Å². The molecule has 3 rings (SSSR count). The van der Waals surface area contributed by atoms with Gasteiger partial charge in [0.15, 0.2) is 12.4 Å². The molecule has 1 saturated heterocycles. The lowest BCUT2D eigenvalue weighted by Crippen LogP contribution is -2.38. The minimum absolute atomic E-state index is 0.0328. The van der Waals surface area contributed by atoms with Gasteiger partial charge in [0.1, 0.15) is 12.2 Å². The van der Waals surface area contributed by atoms with Crippen LogP contribution in [0, 0.1) is 6.92 Å². The Morgan fingerprint density at radius 3 is 2.37 bits per heavy atom. The summed E-state index contributed by atoms with van der Waals surface area (Å²) < 4.78 is 41.4. The molecule has 0 aromatic heterocycles. The van der Waals surface area contributed by atoms with Crippen molar-refractivity contribution in [3.8, 4) is 0 Å². The molecule has 1 aliphatic rings. The number of hydrogen-bond acceptors (Lipinski definition) is 7. The van der Waals surface area contributed by atoms with Crippen LogP contribution in [0.2, 0.25) is 0 Å². The Morgan fingerprint density at radius 2 is 1.74 bits per heavy atom. The average Bonchev–Trinajstić information content (AvgIpc) is 2.96. The quantitative estimate of drug-likeness (QED) is 0.684. The van der Waals surface area contributed by atoms with Crippen molar-refractivity contribution < 1.29 is 32.3 Å². The number of hydrogen-bond donors (Lipinski definition) is 2. The Balaban J connectivity index is 1.75. The lowest BCUT2D eigenvalue weighted by atomic mass is 10.1. The maximum Gasteiger partial charge on any atom is 0.297 e. The molecule has 27 heavy (non-hydrogen) atoms. The third-order valence-electron chi connectivity index (χ3n) is 4.28. The molecule has 4 unspecified atom stereocenters. The van der Waals surface area contributed by atoms with Crippen molar-refractivity contribution in [3.63, 3.8) is 0 Å². The first kappa shape index (κ1) is 19.9. The second-order valence-corrected chi connectivity index (χ2v) is 7.91. The summed E-state index contributed by atoms with van der Waals surface area (Å²) in [7, 11) is -4.14. The van der Waals surface area contributed by atoms with E-state index in [4.69, 9.17) is 13.7 Å². The summed E-state index contributed by atoms with van der Waals surface area (Å²) in [5.74, 6) is 0. The van der Waals surface area contributed by atoms with Crippen LogP contribution in [0.1, 0.15) is 11.1 Å². The number of aliphatic hydroxyl groups is 2. The van der Waals surface area contributed by atoms with Crippen LogP contribution in [0.5, 0.6) is 0 Å². The summed E-state index contributed by atoms with van der Waals surface area (Å²) in [6.07, 6.45) is -4.78. The predicted octanol–water partition coefficient (Wildman–Crippen LogP) is 1.36. The lowest BCUT2D eigenvalue weighted by Gasteiger charge is -2.20. The van der Waals surface area contributed by atoms with Gasteiger partial charge in [-0.3, -0.25) is 4.18 Å². The van der Waals surface area contributed by atoms with Crippen LogP contribution in [-0.4, -0.2) is 49.8 Å². The minimum atomic E-state index is -4.14. The normalized spacial score (nSPS) is 25.6. The topological polar surface area (TPSA) is 102 Å². The monoisotopic (exact) mass is 394 g/mol. The highest BCUT2D eigenvalue weighted by atomic mass is 32.2. The summed E-state index contributed by atoms with van der Waals surface area (Å²) in [6.45, 7) is 1.49. The molecule has 0 radical (unpaired) electrons. The average molecular weight is 394 g/mol. The van der Waals surface area contributed by atoms with E-state index in [0.717, 1.165) is 11.1 Å². The van der Waals surface area contributed by atoms with E-state index in [1.54, 1.807) is 12.1 Å². The van der Waals surface area contributed by atoms with Gasteiger partial charge in [-0.25, -0.2) is 0 Å². The van der Waals surface area contributed by atoms with E-state index in [1.165, 1.54) is 12.1 Å². The number of aryl methyl sites for hydroxylation is 1. The van der Waals surface area contributed by atoms with Crippen molar-refractivity contribution in [1.82, 2.24) is 0 Å². The van der Waals surface area contributed by atoms with Crippen molar-refractivity contribution in [2.75, 3.05) is 6.61 Å². The minimum Gasteiger partial charge on any atom is -0.394 e. The Morgan fingerprint density at radius 1 is 1.07 bits per heavy atom. The van der Waals surface area contributed by atoms with Crippen LogP contribution < -0.4 is 0 Å². The molecule has 146 valence electrons. The predicted molar refractivity (Wildman–Crippen MR) is 96.2 cm³/mol. The number of ether oxygens (including phenoxy) is 2. The molecule has 0 saturated carbocycles. The molecule has 2 N–H and O–H groups in total. The zero-order valence-corrected chi connectivity index (χ0v) is 15.6. The van der Waals surface area contributed by atoms with E-state index in [0.29, 0.717) is 0 Å². The molecule has 2 aromatic carbocycles. The SMILES string of the molecule is Cc1ccc(S(=O)(=O)OC2C(OCc3ccccc3)OC(CO)C2O)cc1. The Labute approximate surface area is 158 Å². The fourth-order valence-corrected chi connectivity index (χ4v) is 3.83. The van der Waals surface area contributed by atoms with Crippen LogP contribution in [0.3, 0.4) is 0 Å². The van der Waals surface area contributed by atoms with Gasteiger partial charge in [-0.15, -0.1) is 0 Å². The zero-order valence-electron chi connectivity index (χ0n) is 14.8. The van der Waals surface area contributed by atoms with Crippen molar-refractivity contribution >= 4 is 10.1 Å². The molecule has 8 heteroatoms. The van der Waals surface area contributed by atoms with Crippen molar-refractivity contribution in [2.24, 2.45) is 0 Å². The number of benzene rings is 2. The second-order valence-electron chi connectivity index (χ2n) is 6.34. The maximum absolute atomic E-state index is 12.6. The molecule has 0 aliphatic carbocycles. The van der Waals surface area contributed by atoms with Gasteiger partial charge in [-0.1, -0.05) is 48.0 Å². The molecule has 1 heterocycles. The molecule has 7 nitrogen and oxygen atoms in total. The smallest absolute Gasteiger partial charge is 0.297 e. The Hall–Kier alpha value is -1.81. The summed E-state index contributed by atoms with van der Waals surface area (Å²) in [5.41, 5.74) is 1.76. The molecule has 0 spiro atoms. The van der Waals surface area contributed by atoms with Gasteiger partial charge in [0.05, 0.1) is 18.1 Å². The third kappa shape index (κ3) is 4.73. The van der Waals surface area contributed by atoms with E-state index in [1.807, 2.05) is 37.3 Å². The van der Waals surface area contributed by atoms with Crippen LogP contribution in [0.4, 0.5) is 0 Å². The highest BCUT2D eigenvalue weighted by molar-refractivity contribution is 7.86. The largest absolute Gasteiger partial charge is 0.394 e. The zero-order chi connectivity index (χ0) is 19.4. The third-order valence-corrected chi connectivity index (χ3v) is 5.60. The highest BCUT2D eigenvalue weighted by Gasteiger charge is 2.47. The lowest BCUT2D eigenvalue weighted by molar-refractivity contribution is -0.170. The van der Waals surface area contributed by atoms with Crippen LogP contribution in [-0.2, 0) is 30.4 Å². The maximum atomic E-state index is 12.6. The molecule has 0 amide bonds. The first-order chi connectivity index (χ1) is 12.9. The first-order valence-corrected chi connectivity index (χ1v) is 9.91. The van der Waals surface area contributed by atoms with Gasteiger partial charge in [0, 0.05) is 0 Å². The molecule has 0 bridgehead atoms. The molecule has 2 aromatic rings. The Kier molecular flexibility index (Phi) is 6.25. The standard InChI is InChI=1S/C19H22O7S/c1-13-7-9-15(10-8-13)27(22,23)26-18-17(21)16(11-20)25-19(18)24-12-14-5-3-2-4-6-14/h2-10,16-21H,11-12H2,1H3. The Bertz CT molecular complexity index is 836. The van der Waals surface area contributed by atoms with Gasteiger partial charge in [0.25, 0.3) is 10.1 Å². The summed E-state index contributed by atoms with van der Waals surface area (Å²) in [6, 6.07) is 15.4. The second kappa shape index (κ2) is 8.47. The molecule has 1 fully saturated rings. The van der Waals surface area contributed by atoms with Crippen molar-refractivity contribution in [2.45, 2.75) is 43.0 Å². The van der Waals surface area contributed by atoms with Gasteiger partial charge < -0.3 is 19.7 Å². The van der Waals surface area contributed by atoms with E-state index in [-0.39, 0.29) is 11.5 Å². The molecular weight excluding hydrogens is 372 g/mol. The fraction of sp³-hybridized carbons (Fsp3) is 0.368. The van der Waals surface area contributed by atoms with Crippen LogP contribution in [0.15, 0.2) is 59.5 Å². The summed E-state index contributed by atoms with van der Waals surface area (Å²) >= 11 is 0. The van der Waals surface area contributed by atoms with Crippen molar-refractivity contribution in [1.29, 1.82) is 0 Å². The van der Waals surface area contributed by atoms with Gasteiger partial charge in [-0.2, -0.15) is 8.42 Å². The van der Waals surface area contributed by atoms with Crippen LogP contribution in [0.25, 0.3) is 0 Å². The first-order valence-electron chi connectivity index (χ1n) is 8.50. The van der Waals surface area contributed by atoms with E-state index >= 15 is 0 Å². The molecule has 4 atom stereocenters. The molecule has 1 aliphatic heterocycles. The van der Waals surface area contributed by atoms with E-state index < -0.39 is 41.3 Å². The number of aliphatic hydroxyl groups excluding tert-OH is 2. The van der Waals surface area contributed by atoms with Crippen molar-refractivity contribution in [3.05, 3.63) is 65.7 Å². The molecular formula is C19H22O7S. The van der Waals surface area contributed by atoms with E-state index in [2.05, 4.69) is 0 Å². The summed E-state index contributed by atoms with van der Waals surface area (Å²) in [5, 5.41) is 19.7. The van der Waals surface area contributed by atoms with Gasteiger partial charge in [-0.05, 0) is 24.6 Å². The van der Waals surface area contributed by atoms with Crippen LogP contribution >= 0.6 is 0 Å². The fourth-order valence-electron chi connectivity index (χ4n) is 2.75. The van der Waals surface area contributed by atoms with E-state index in [9.17, 15) is 18.6 Å². The summed E-state index contributed by atoms with van der Waals surface area (Å²) in [4.78, 5) is -0.0328. The highest BCUT2D eigenvalue weighted by Crippen LogP contribution is 2.29. The van der Waals surface area contributed by atoms with Gasteiger partial charge in [0.2, 0.25) is 0 Å². The number of rotatable bonds is 7.